The predicted octanol–water partition coefficient (Wildman–Crippen LogP) is 1.53. The maximum atomic E-state index is 9.10. The van der Waals surface area contributed by atoms with Crippen molar-refractivity contribution in [2.24, 2.45) is 0 Å². The fourth-order valence-corrected chi connectivity index (χ4v) is 2.82. The maximum Gasteiger partial charge on any atom is 0.108 e. The molecule has 0 amide bonds. The molecule has 3 heteroatoms. The Morgan fingerprint density at radius 2 is 2.00 bits per heavy atom. The van der Waals surface area contributed by atoms with Crippen molar-refractivity contribution >= 4 is 11.8 Å². The summed E-state index contributed by atoms with van der Waals surface area (Å²) in [6.45, 7) is 0. The molecule has 2 aliphatic rings. The van der Waals surface area contributed by atoms with Crippen molar-refractivity contribution < 1.29 is 0 Å². The Kier molecular flexibility index (Phi) is 2.29. The van der Waals surface area contributed by atoms with Crippen molar-refractivity contribution in [2.45, 2.75) is 37.3 Å². The molecule has 1 heterocycles. The molecule has 1 aliphatic heterocycles. The average molecular weight is 182 g/mol. The van der Waals surface area contributed by atoms with Gasteiger partial charge in [-0.3, -0.25) is 5.32 Å². The Morgan fingerprint density at radius 3 is 2.50 bits per heavy atom. The maximum absolute atomic E-state index is 9.10. The molecule has 1 saturated carbocycles. The van der Waals surface area contributed by atoms with E-state index in [9.17, 15) is 0 Å². The number of nitrogens with zero attached hydrogens (tertiary/aromatic N) is 1. The van der Waals surface area contributed by atoms with Gasteiger partial charge in [-0.15, -0.1) is 0 Å². The zero-order chi connectivity index (χ0) is 8.44. The molecule has 1 aliphatic carbocycles. The van der Waals surface area contributed by atoms with Gasteiger partial charge in [-0.1, -0.05) is 0 Å². The van der Waals surface area contributed by atoms with E-state index in [1.54, 1.807) is 0 Å². The summed E-state index contributed by atoms with van der Waals surface area (Å²) >= 11 is 1.97. The van der Waals surface area contributed by atoms with Gasteiger partial charge in [-0.25, -0.2) is 0 Å². The van der Waals surface area contributed by atoms with Crippen LogP contribution in [0, 0.1) is 11.3 Å². The topological polar surface area (TPSA) is 35.8 Å². The summed E-state index contributed by atoms with van der Waals surface area (Å²) in [6, 6.07) is 3.12. The van der Waals surface area contributed by atoms with Crippen LogP contribution >= 0.6 is 11.8 Å². The number of nitrogens with one attached hydrogen (secondary N) is 1. The molecule has 0 atom stereocenters. The van der Waals surface area contributed by atoms with Gasteiger partial charge < -0.3 is 0 Å². The monoisotopic (exact) mass is 182 g/mol. The molecular formula is C9H14N2S. The molecule has 1 N–H and O–H groups in total. The molecule has 2 fully saturated rings. The van der Waals surface area contributed by atoms with E-state index in [1.807, 2.05) is 11.8 Å². The van der Waals surface area contributed by atoms with Crippen LogP contribution in [0.25, 0.3) is 0 Å². The second kappa shape index (κ2) is 3.27. The van der Waals surface area contributed by atoms with Crippen LogP contribution in [0.2, 0.25) is 0 Å². The summed E-state index contributed by atoms with van der Waals surface area (Å²) in [4.78, 5) is 0. The Bertz CT molecular complexity index is 199. The smallest absolute Gasteiger partial charge is 0.108 e. The van der Waals surface area contributed by atoms with Gasteiger partial charge in [0, 0.05) is 6.04 Å². The highest BCUT2D eigenvalue weighted by atomic mass is 32.2. The molecule has 0 aromatic carbocycles. The van der Waals surface area contributed by atoms with Gasteiger partial charge in [-0.05, 0) is 37.2 Å². The van der Waals surface area contributed by atoms with Gasteiger partial charge in [0.1, 0.15) is 5.54 Å². The summed E-state index contributed by atoms with van der Waals surface area (Å²) in [5, 5.41) is 12.6. The lowest BCUT2D eigenvalue weighted by atomic mass is 9.94. The molecule has 0 aromatic rings. The number of hydrogen-bond acceptors (Lipinski definition) is 3. The first-order valence-corrected chi connectivity index (χ1v) is 5.77. The first-order valence-electron chi connectivity index (χ1n) is 4.61. The van der Waals surface area contributed by atoms with Crippen molar-refractivity contribution in [2.75, 3.05) is 11.5 Å². The molecular weight excluding hydrogens is 168 g/mol. The van der Waals surface area contributed by atoms with Gasteiger partial charge in [0.2, 0.25) is 0 Å². The summed E-state index contributed by atoms with van der Waals surface area (Å²) in [7, 11) is 0. The largest absolute Gasteiger partial charge is 0.297 e. The first-order chi connectivity index (χ1) is 5.85. The van der Waals surface area contributed by atoms with Crippen molar-refractivity contribution in [1.29, 1.82) is 5.26 Å². The van der Waals surface area contributed by atoms with Gasteiger partial charge in [0.05, 0.1) is 6.07 Å². The predicted molar refractivity (Wildman–Crippen MR) is 51.1 cm³/mol. The van der Waals surface area contributed by atoms with Crippen LogP contribution in [0.5, 0.6) is 0 Å². The highest BCUT2D eigenvalue weighted by Gasteiger charge is 2.37. The molecule has 0 aromatic heterocycles. The van der Waals surface area contributed by atoms with Gasteiger partial charge >= 0.3 is 0 Å². The zero-order valence-corrected chi connectivity index (χ0v) is 7.99. The molecule has 12 heavy (non-hydrogen) atoms. The summed E-state index contributed by atoms with van der Waals surface area (Å²) in [6.07, 6.45) is 4.61. The third kappa shape index (κ3) is 1.75. The quantitative estimate of drug-likeness (QED) is 0.703. The summed E-state index contributed by atoms with van der Waals surface area (Å²) < 4.78 is 0. The number of hydrogen-bond donors (Lipinski definition) is 1. The Morgan fingerprint density at radius 1 is 1.33 bits per heavy atom. The van der Waals surface area contributed by atoms with E-state index in [4.69, 9.17) is 5.26 Å². The standard InChI is InChI=1S/C9H14N2S/c10-7-9(11-8-1-2-8)3-5-12-6-4-9/h8,11H,1-6H2. The van der Waals surface area contributed by atoms with E-state index in [0.29, 0.717) is 6.04 Å². The second-order valence-electron chi connectivity index (χ2n) is 3.72. The SMILES string of the molecule is N#CC1(NC2CC2)CCSCC1. The summed E-state index contributed by atoms with van der Waals surface area (Å²) in [5.41, 5.74) is -0.160. The third-order valence-electron chi connectivity index (χ3n) is 2.62. The van der Waals surface area contributed by atoms with Gasteiger partial charge in [0.15, 0.2) is 0 Å². The van der Waals surface area contributed by atoms with Crippen LogP contribution in [0.4, 0.5) is 0 Å². The second-order valence-corrected chi connectivity index (χ2v) is 4.95. The average Bonchev–Trinajstić information content (AvgIpc) is 2.90. The lowest BCUT2D eigenvalue weighted by Gasteiger charge is -2.31. The number of nitriles is 1. The highest BCUT2D eigenvalue weighted by molar-refractivity contribution is 7.99. The Hall–Kier alpha value is -0.200. The van der Waals surface area contributed by atoms with E-state index in [0.717, 1.165) is 24.3 Å². The van der Waals surface area contributed by atoms with E-state index in [1.165, 1.54) is 12.8 Å². The molecule has 66 valence electrons. The van der Waals surface area contributed by atoms with E-state index < -0.39 is 0 Å². The third-order valence-corrected chi connectivity index (χ3v) is 3.60. The fraction of sp³-hybridized carbons (Fsp3) is 0.889. The van der Waals surface area contributed by atoms with Crippen molar-refractivity contribution in [3.8, 4) is 6.07 Å². The minimum absolute atomic E-state index is 0.160. The Balaban J connectivity index is 1.96. The van der Waals surface area contributed by atoms with Crippen LogP contribution in [0.1, 0.15) is 25.7 Å². The minimum Gasteiger partial charge on any atom is -0.297 e. The van der Waals surface area contributed by atoms with Crippen molar-refractivity contribution in [1.82, 2.24) is 5.32 Å². The highest BCUT2D eigenvalue weighted by Crippen LogP contribution is 2.31. The Labute approximate surface area is 77.7 Å². The zero-order valence-electron chi connectivity index (χ0n) is 7.18. The van der Waals surface area contributed by atoms with Crippen LogP contribution in [0.3, 0.4) is 0 Å². The summed E-state index contributed by atoms with van der Waals surface area (Å²) in [5.74, 6) is 2.29. The van der Waals surface area contributed by atoms with Crippen LogP contribution in [-0.4, -0.2) is 23.1 Å². The lowest BCUT2D eigenvalue weighted by molar-refractivity contribution is 0.382. The number of rotatable bonds is 2. The van der Waals surface area contributed by atoms with Crippen LogP contribution in [-0.2, 0) is 0 Å². The van der Waals surface area contributed by atoms with Crippen molar-refractivity contribution in [3.63, 3.8) is 0 Å². The molecule has 2 rings (SSSR count). The van der Waals surface area contributed by atoms with Crippen LogP contribution < -0.4 is 5.32 Å². The molecule has 0 spiro atoms. The van der Waals surface area contributed by atoms with Crippen LogP contribution in [0.15, 0.2) is 0 Å². The molecule has 0 unspecified atom stereocenters. The normalized spacial score (nSPS) is 27.9. The molecule has 0 radical (unpaired) electrons. The minimum atomic E-state index is -0.160. The fourth-order valence-electron chi connectivity index (χ4n) is 1.63. The number of thioether (sulfide) groups is 1. The molecule has 0 bridgehead atoms. The first kappa shape index (κ1) is 8.40. The van der Waals surface area contributed by atoms with Crippen molar-refractivity contribution in [3.05, 3.63) is 0 Å². The molecule has 2 nitrogen and oxygen atoms in total. The van der Waals surface area contributed by atoms with Gasteiger partial charge in [-0.2, -0.15) is 17.0 Å². The van der Waals surface area contributed by atoms with E-state index in [2.05, 4.69) is 11.4 Å². The lowest BCUT2D eigenvalue weighted by Crippen LogP contribution is -2.47. The van der Waals surface area contributed by atoms with E-state index >= 15 is 0 Å². The molecule has 1 saturated heterocycles. The van der Waals surface area contributed by atoms with E-state index in [-0.39, 0.29) is 5.54 Å². The van der Waals surface area contributed by atoms with Gasteiger partial charge in [0.25, 0.3) is 0 Å².